The number of nitriles is 1. The molecule has 4 nitrogen and oxygen atoms in total. The topological polar surface area (TPSA) is 61.6 Å². The van der Waals surface area contributed by atoms with Crippen LogP contribution in [0.4, 0.5) is 0 Å². The van der Waals surface area contributed by atoms with Gasteiger partial charge in [-0.3, -0.25) is 4.79 Å². The third kappa shape index (κ3) is 2.58. The van der Waals surface area contributed by atoms with E-state index in [9.17, 15) is 10.1 Å². The molecule has 0 bridgehead atoms. The van der Waals surface area contributed by atoms with Crippen molar-refractivity contribution >= 4 is 0 Å². The molecule has 0 aliphatic heterocycles. The summed E-state index contributed by atoms with van der Waals surface area (Å²) in [5.41, 5.74) is 5.18. The Labute approximate surface area is 134 Å². The fraction of sp³-hybridized carbons (Fsp3) is 0.158. The number of pyridine rings is 1. The highest BCUT2D eigenvalue weighted by atomic mass is 16.1. The minimum Gasteiger partial charge on any atom is -0.351 e. The van der Waals surface area contributed by atoms with E-state index in [2.05, 4.69) is 4.98 Å². The van der Waals surface area contributed by atoms with Gasteiger partial charge in [-0.2, -0.15) is 5.26 Å². The van der Waals surface area contributed by atoms with E-state index >= 15 is 0 Å². The lowest BCUT2D eigenvalue weighted by atomic mass is 9.99. The predicted molar refractivity (Wildman–Crippen MR) is 91.1 cm³/mol. The van der Waals surface area contributed by atoms with Gasteiger partial charge in [-0.25, -0.2) is 0 Å². The minimum absolute atomic E-state index is 0.140. The molecule has 3 aromatic rings. The number of rotatable bonds is 2. The van der Waals surface area contributed by atoms with Gasteiger partial charge < -0.3 is 9.55 Å². The molecule has 0 aliphatic rings. The van der Waals surface area contributed by atoms with E-state index in [-0.39, 0.29) is 11.1 Å². The van der Waals surface area contributed by atoms with Crippen molar-refractivity contribution in [2.75, 3.05) is 0 Å². The SMILES string of the molecule is Cc1ccc(C)c(-c2cc(-c3cccn3C)c(C#N)c(=O)[nH]2)c1. The van der Waals surface area contributed by atoms with Crippen LogP contribution in [0, 0.1) is 25.2 Å². The van der Waals surface area contributed by atoms with Crippen molar-refractivity contribution in [2.45, 2.75) is 13.8 Å². The van der Waals surface area contributed by atoms with Crippen molar-refractivity contribution in [1.29, 1.82) is 5.26 Å². The van der Waals surface area contributed by atoms with E-state index in [0.717, 1.165) is 28.1 Å². The second-order valence-electron chi connectivity index (χ2n) is 5.74. The van der Waals surface area contributed by atoms with Crippen molar-refractivity contribution in [1.82, 2.24) is 9.55 Å². The fourth-order valence-electron chi connectivity index (χ4n) is 2.78. The van der Waals surface area contributed by atoms with Crippen molar-refractivity contribution in [2.24, 2.45) is 7.05 Å². The Kier molecular flexibility index (Phi) is 3.63. The molecule has 0 amide bonds. The average molecular weight is 303 g/mol. The maximum atomic E-state index is 12.4. The molecule has 0 saturated carbocycles. The molecule has 1 aromatic carbocycles. The summed E-state index contributed by atoms with van der Waals surface area (Å²) in [6.45, 7) is 4.02. The van der Waals surface area contributed by atoms with Crippen LogP contribution in [0.25, 0.3) is 22.5 Å². The number of aromatic amines is 1. The normalized spacial score (nSPS) is 10.5. The molecule has 0 aliphatic carbocycles. The Morgan fingerprint density at radius 1 is 1.13 bits per heavy atom. The van der Waals surface area contributed by atoms with E-state index in [0.29, 0.717) is 5.56 Å². The smallest absolute Gasteiger partial charge is 0.267 e. The largest absolute Gasteiger partial charge is 0.351 e. The quantitative estimate of drug-likeness (QED) is 0.787. The first-order valence-electron chi connectivity index (χ1n) is 7.38. The van der Waals surface area contributed by atoms with E-state index in [1.165, 1.54) is 0 Å². The summed E-state index contributed by atoms with van der Waals surface area (Å²) >= 11 is 0. The molecule has 0 spiro atoms. The van der Waals surface area contributed by atoms with Gasteiger partial charge in [0.2, 0.25) is 0 Å². The van der Waals surface area contributed by atoms with Gasteiger partial charge in [0.15, 0.2) is 0 Å². The van der Waals surface area contributed by atoms with Crippen LogP contribution in [0.3, 0.4) is 0 Å². The lowest BCUT2D eigenvalue weighted by Crippen LogP contribution is -2.13. The van der Waals surface area contributed by atoms with Crippen LogP contribution in [0.5, 0.6) is 0 Å². The number of H-pyrrole nitrogens is 1. The standard InChI is InChI=1S/C19H17N3O/c1-12-6-7-13(2)14(9-12)17-10-15(16(11-20)19(23)21-17)18-5-4-8-22(18)3/h4-10H,1-3H3,(H,21,23). The lowest BCUT2D eigenvalue weighted by molar-refractivity contribution is 0.935. The van der Waals surface area contributed by atoms with Crippen LogP contribution in [0.15, 0.2) is 47.4 Å². The Morgan fingerprint density at radius 2 is 1.91 bits per heavy atom. The van der Waals surface area contributed by atoms with E-state index < -0.39 is 0 Å². The summed E-state index contributed by atoms with van der Waals surface area (Å²) in [5, 5.41) is 9.37. The molecule has 2 aromatic heterocycles. The van der Waals surface area contributed by atoms with Crippen LogP contribution in [0.2, 0.25) is 0 Å². The number of aromatic nitrogens is 2. The summed E-state index contributed by atoms with van der Waals surface area (Å²) in [6, 6.07) is 13.8. The first-order chi connectivity index (χ1) is 11.0. The number of hydrogen-bond donors (Lipinski definition) is 1. The summed E-state index contributed by atoms with van der Waals surface area (Å²) in [7, 11) is 1.90. The maximum absolute atomic E-state index is 12.4. The number of nitrogens with one attached hydrogen (secondary N) is 1. The van der Waals surface area contributed by atoms with Crippen molar-refractivity contribution < 1.29 is 0 Å². The number of benzene rings is 1. The highest BCUT2D eigenvalue weighted by Gasteiger charge is 2.15. The average Bonchev–Trinajstić information content (AvgIpc) is 2.95. The number of hydrogen-bond acceptors (Lipinski definition) is 2. The van der Waals surface area contributed by atoms with Gasteiger partial charge >= 0.3 is 0 Å². The van der Waals surface area contributed by atoms with Crippen LogP contribution in [-0.2, 0) is 7.05 Å². The zero-order chi connectivity index (χ0) is 16.6. The molecule has 1 N–H and O–H groups in total. The van der Waals surface area contributed by atoms with Gasteiger partial charge in [-0.15, -0.1) is 0 Å². The number of aryl methyl sites for hydroxylation is 3. The monoisotopic (exact) mass is 303 g/mol. The first kappa shape index (κ1) is 14.9. The zero-order valence-corrected chi connectivity index (χ0v) is 13.3. The molecule has 0 fully saturated rings. The molecule has 0 saturated heterocycles. The van der Waals surface area contributed by atoms with Gasteiger partial charge in [-0.1, -0.05) is 17.7 Å². The third-order valence-corrected chi connectivity index (χ3v) is 4.05. The molecular formula is C19H17N3O. The van der Waals surface area contributed by atoms with Crippen LogP contribution < -0.4 is 5.56 Å². The molecule has 0 atom stereocenters. The van der Waals surface area contributed by atoms with Gasteiger partial charge in [0.05, 0.1) is 0 Å². The number of nitrogens with zero attached hydrogens (tertiary/aromatic N) is 2. The molecule has 2 heterocycles. The zero-order valence-electron chi connectivity index (χ0n) is 13.3. The molecular weight excluding hydrogens is 286 g/mol. The highest BCUT2D eigenvalue weighted by Crippen LogP contribution is 2.28. The Bertz CT molecular complexity index is 987. The van der Waals surface area contributed by atoms with Gasteiger partial charge in [-0.05, 0) is 43.7 Å². The summed E-state index contributed by atoms with van der Waals surface area (Å²) < 4.78 is 1.91. The second-order valence-corrected chi connectivity index (χ2v) is 5.74. The summed E-state index contributed by atoms with van der Waals surface area (Å²) in [4.78, 5) is 15.2. The third-order valence-electron chi connectivity index (χ3n) is 4.05. The van der Waals surface area contributed by atoms with Crippen LogP contribution in [-0.4, -0.2) is 9.55 Å². The predicted octanol–water partition coefficient (Wildman–Crippen LogP) is 3.54. The van der Waals surface area contributed by atoms with E-state index in [1.54, 1.807) is 0 Å². The summed E-state index contributed by atoms with van der Waals surface area (Å²) in [6.07, 6.45) is 1.90. The molecule has 3 rings (SSSR count). The lowest BCUT2D eigenvalue weighted by Gasteiger charge is -2.11. The Hall–Kier alpha value is -3.06. The summed E-state index contributed by atoms with van der Waals surface area (Å²) in [5.74, 6) is 0. The minimum atomic E-state index is -0.359. The fourth-order valence-corrected chi connectivity index (χ4v) is 2.78. The second kappa shape index (κ2) is 5.62. The first-order valence-corrected chi connectivity index (χ1v) is 7.38. The van der Waals surface area contributed by atoms with Gasteiger partial charge in [0.25, 0.3) is 5.56 Å². The highest BCUT2D eigenvalue weighted by molar-refractivity contribution is 5.75. The van der Waals surface area contributed by atoms with Crippen molar-refractivity contribution in [3.8, 4) is 28.6 Å². The molecule has 0 radical (unpaired) electrons. The van der Waals surface area contributed by atoms with Gasteiger partial charge in [0.1, 0.15) is 11.6 Å². The van der Waals surface area contributed by atoms with E-state index in [1.807, 2.05) is 74.1 Å². The molecule has 0 unspecified atom stereocenters. The Balaban J connectivity index is 2.32. The maximum Gasteiger partial charge on any atom is 0.267 e. The van der Waals surface area contributed by atoms with E-state index in [4.69, 9.17) is 0 Å². The van der Waals surface area contributed by atoms with Gasteiger partial charge in [0, 0.05) is 35.8 Å². The Morgan fingerprint density at radius 3 is 2.57 bits per heavy atom. The molecule has 114 valence electrons. The van der Waals surface area contributed by atoms with Crippen LogP contribution in [0.1, 0.15) is 16.7 Å². The van der Waals surface area contributed by atoms with Crippen molar-refractivity contribution in [3.05, 3.63) is 69.6 Å². The van der Waals surface area contributed by atoms with Crippen molar-refractivity contribution in [3.63, 3.8) is 0 Å². The molecule has 4 heteroatoms. The van der Waals surface area contributed by atoms with Crippen LogP contribution >= 0.6 is 0 Å². The molecule has 23 heavy (non-hydrogen) atoms.